The summed E-state index contributed by atoms with van der Waals surface area (Å²) in [5.41, 5.74) is 3.25. The molecule has 0 saturated carbocycles. The molecule has 0 aromatic heterocycles. The summed E-state index contributed by atoms with van der Waals surface area (Å²) in [5.74, 6) is 0.793. The first-order valence-electron chi connectivity index (χ1n) is 9.09. The minimum absolute atomic E-state index is 0.140. The third-order valence-corrected chi connectivity index (χ3v) is 4.78. The number of aliphatic hydroxyl groups is 1. The highest BCUT2D eigenvalue weighted by Gasteiger charge is 2.37. The molecule has 1 aliphatic rings. The van der Waals surface area contributed by atoms with Crippen molar-refractivity contribution >= 4 is 6.09 Å². The van der Waals surface area contributed by atoms with E-state index in [0.717, 1.165) is 16.9 Å². The van der Waals surface area contributed by atoms with Gasteiger partial charge in [0.05, 0.1) is 13.2 Å². The van der Waals surface area contributed by atoms with E-state index in [1.54, 1.807) is 7.11 Å². The Balaban J connectivity index is 1.54. The van der Waals surface area contributed by atoms with Crippen LogP contribution in [0.4, 0.5) is 4.79 Å². The highest BCUT2D eigenvalue weighted by Crippen LogP contribution is 2.19. The molecule has 0 spiro atoms. The average molecular weight is 370 g/mol. The topological polar surface area (TPSA) is 79.8 Å². The van der Waals surface area contributed by atoms with E-state index in [1.807, 2.05) is 55.5 Å². The fourth-order valence-electron chi connectivity index (χ4n) is 3.18. The SMILES string of the molecule is COc1ccc(C[C@H]2NC[C@H](O)[C@H]2OC(=O)NCc2ccc(C)cc2)cc1. The predicted molar refractivity (Wildman–Crippen MR) is 103 cm³/mol. The van der Waals surface area contributed by atoms with Crippen molar-refractivity contribution in [3.8, 4) is 5.75 Å². The van der Waals surface area contributed by atoms with E-state index in [9.17, 15) is 9.90 Å². The van der Waals surface area contributed by atoms with E-state index in [-0.39, 0.29) is 6.04 Å². The van der Waals surface area contributed by atoms with Crippen LogP contribution in [0.2, 0.25) is 0 Å². The van der Waals surface area contributed by atoms with Gasteiger partial charge in [0.1, 0.15) is 18.0 Å². The Morgan fingerprint density at radius 3 is 2.48 bits per heavy atom. The molecule has 3 N–H and O–H groups in total. The molecule has 1 heterocycles. The van der Waals surface area contributed by atoms with E-state index in [1.165, 1.54) is 5.56 Å². The smallest absolute Gasteiger partial charge is 0.407 e. The van der Waals surface area contributed by atoms with Gasteiger partial charge in [-0.1, -0.05) is 42.0 Å². The fourth-order valence-corrected chi connectivity index (χ4v) is 3.18. The van der Waals surface area contributed by atoms with Gasteiger partial charge in [-0.15, -0.1) is 0 Å². The van der Waals surface area contributed by atoms with Crippen molar-refractivity contribution < 1.29 is 19.4 Å². The first kappa shape index (κ1) is 19.2. The van der Waals surface area contributed by atoms with Gasteiger partial charge in [-0.2, -0.15) is 0 Å². The van der Waals surface area contributed by atoms with Crippen LogP contribution in [0, 0.1) is 6.92 Å². The summed E-state index contributed by atoms with van der Waals surface area (Å²) >= 11 is 0. The Bertz CT molecular complexity index is 746. The van der Waals surface area contributed by atoms with Gasteiger partial charge in [-0.05, 0) is 36.6 Å². The Kier molecular flexibility index (Phi) is 6.32. The zero-order valence-electron chi connectivity index (χ0n) is 15.6. The third kappa shape index (κ3) is 5.21. The molecule has 2 aromatic carbocycles. The summed E-state index contributed by atoms with van der Waals surface area (Å²) in [6.07, 6.45) is -1.19. The van der Waals surface area contributed by atoms with Crippen LogP contribution in [0.25, 0.3) is 0 Å². The molecule has 6 nitrogen and oxygen atoms in total. The number of methoxy groups -OCH3 is 1. The second kappa shape index (κ2) is 8.88. The van der Waals surface area contributed by atoms with Gasteiger partial charge in [0.25, 0.3) is 0 Å². The molecule has 27 heavy (non-hydrogen) atoms. The van der Waals surface area contributed by atoms with Gasteiger partial charge < -0.3 is 25.2 Å². The quantitative estimate of drug-likeness (QED) is 0.726. The fraction of sp³-hybridized carbons (Fsp3) is 0.381. The maximum atomic E-state index is 12.2. The van der Waals surface area contributed by atoms with Crippen molar-refractivity contribution in [3.05, 3.63) is 65.2 Å². The molecule has 1 fully saturated rings. The highest BCUT2D eigenvalue weighted by molar-refractivity contribution is 5.67. The van der Waals surface area contributed by atoms with Crippen LogP contribution < -0.4 is 15.4 Å². The average Bonchev–Trinajstić information content (AvgIpc) is 3.01. The lowest BCUT2D eigenvalue weighted by atomic mass is 10.0. The number of nitrogens with one attached hydrogen (secondary N) is 2. The summed E-state index contributed by atoms with van der Waals surface area (Å²) in [7, 11) is 1.63. The molecule has 144 valence electrons. The summed E-state index contributed by atoms with van der Waals surface area (Å²) in [6, 6.07) is 15.5. The number of ether oxygens (including phenoxy) is 2. The number of aryl methyl sites for hydroxylation is 1. The first-order chi connectivity index (χ1) is 13.0. The minimum Gasteiger partial charge on any atom is -0.497 e. The maximum absolute atomic E-state index is 12.2. The van der Waals surface area contributed by atoms with E-state index in [4.69, 9.17) is 9.47 Å². The van der Waals surface area contributed by atoms with Crippen LogP contribution in [0.5, 0.6) is 5.75 Å². The Morgan fingerprint density at radius 2 is 1.81 bits per heavy atom. The zero-order valence-corrected chi connectivity index (χ0v) is 15.6. The number of aliphatic hydroxyl groups excluding tert-OH is 1. The number of carbonyl (C=O) groups is 1. The van der Waals surface area contributed by atoms with Crippen molar-refractivity contribution in [1.29, 1.82) is 0 Å². The standard InChI is InChI=1S/C21H26N2O4/c1-14-3-5-16(6-4-14)12-23-21(25)27-20-18(22-13-19(20)24)11-15-7-9-17(26-2)10-8-15/h3-10,18-20,22,24H,11-13H2,1-2H3,(H,23,25)/t18-,19+,20+/m1/s1. The number of β-amino-alcohol motifs (C(OH)–C–C–N with tert-alkyl or cyclic N) is 1. The Labute approximate surface area is 159 Å². The molecule has 0 aliphatic carbocycles. The van der Waals surface area contributed by atoms with E-state index in [2.05, 4.69) is 10.6 Å². The second-order valence-electron chi connectivity index (χ2n) is 6.84. The number of hydrogen-bond donors (Lipinski definition) is 3. The molecule has 0 bridgehead atoms. The van der Waals surface area contributed by atoms with Gasteiger partial charge in [-0.25, -0.2) is 4.79 Å². The maximum Gasteiger partial charge on any atom is 0.407 e. The zero-order chi connectivity index (χ0) is 19.2. The van der Waals surface area contributed by atoms with Crippen LogP contribution in [0.3, 0.4) is 0 Å². The van der Waals surface area contributed by atoms with Gasteiger partial charge >= 0.3 is 6.09 Å². The number of carbonyl (C=O) groups excluding carboxylic acids is 1. The van der Waals surface area contributed by atoms with Gasteiger partial charge in [0, 0.05) is 13.1 Å². The van der Waals surface area contributed by atoms with Crippen LogP contribution in [-0.2, 0) is 17.7 Å². The van der Waals surface area contributed by atoms with Crippen LogP contribution in [0.1, 0.15) is 16.7 Å². The molecule has 3 atom stereocenters. The van der Waals surface area contributed by atoms with Crippen molar-refractivity contribution in [2.75, 3.05) is 13.7 Å². The van der Waals surface area contributed by atoms with Gasteiger partial charge in [-0.3, -0.25) is 0 Å². The van der Waals surface area contributed by atoms with Crippen molar-refractivity contribution in [2.24, 2.45) is 0 Å². The van der Waals surface area contributed by atoms with E-state index >= 15 is 0 Å². The van der Waals surface area contributed by atoms with Crippen LogP contribution in [0.15, 0.2) is 48.5 Å². The van der Waals surface area contributed by atoms with E-state index < -0.39 is 18.3 Å². The molecular formula is C21H26N2O4. The van der Waals surface area contributed by atoms with Crippen molar-refractivity contribution in [1.82, 2.24) is 10.6 Å². The highest BCUT2D eigenvalue weighted by atomic mass is 16.6. The lowest BCUT2D eigenvalue weighted by Crippen LogP contribution is -2.41. The number of amides is 1. The normalized spacial score (nSPS) is 21.7. The molecule has 3 rings (SSSR count). The Hall–Kier alpha value is -2.57. The summed E-state index contributed by atoms with van der Waals surface area (Å²) in [6.45, 7) is 2.80. The molecular weight excluding hydrogens is 344 g/mol. The number of hydrogen-bond acceptors (Lipinski definition) is 5. The Morgan fingerprint density at radius 1 is 1.15 bits per heavy atom. The monoisotopic (exact) mass is 370 g/mol. The number of rotatable bonds is 6. The molecule has 6 heteroatoms. The summed E-state index contributed by atoms with van der Waals surface area (Å²) in [4.78, 5) is 12.2. The van der Waals surface area contributed by atoms with Crippen molar-refractivity contribution in [3.63, 3.8) is 0 Å². The molecule has 1 aliphatic heterocycles. The number of benzene rings is 2. The predicted octanol–water partition coefficient (Wildman–Crippen LogP) is 2.17. The third-order valence-electron chi connectivity index (χ3n) is 4.78. The molecule has 1 saturated heterocycles. The largest absolute Gasteiger partial charge is 0.497 e. The summed E-state index contributed by atoms with van der Waals surface area (Å²) in [5, 5.41) is 16.2. The second-order valence-corrected chi connectivity index (χ2v) is 6.84. The van der Waals surface area contributed by atoms with Crippen LogP contribution in [-0.4, -0.2) is 43.1 Å². The molecule has 0 unspecified atom stereocenters. The molecule has 1 amide bonds. The van der Waals surface area contributed by atoms with Gasteiger partial charge in [0.15, 0.2) is 0 Å². The first-order valence-corrected chi connectivity index (χ1v) is 9.09. The molecule has 0 radical (unpaired) electrons. The van der Waals surface area contributed by atoms with E-state index in [0.29, 0.717) is 19.5 Å². The lowest BCUT2D eigenvalue weighted by Gasteiger charge is -2.22. The van der Waals surface area contributed by atoms with Gasteiger partial charge in [0.2, 0.25) is 0 Å². The minimum atomic E-state index is -0.724. The summed E-state index contributed by atoms with van der Waals surface area (Å²) < 4.78 is 10.7. The molecule has 2 aromatic rings. The van der Waals surface area contributed by atoms with Crippen molar-refractivity contribution in [2.45, 2.75) is 38.1 Å². The van der Waals surface area contributed by atoms with Crippen LogP contribution >= 0.6 is 0 Å². The lowest BCUT2D eigenvalue weighted by molar-refractivity contribution is 0.0188. The number of alkyl carbamates (subject to hydrolysis) is 1.